The molecule has 0 amide bonds. The average Bonchev–Trinajstić information content (AvgIpc) is 2.30. The maximum Gasteiger partial charge on any atom is 0.304 e. The van der Waals surface area contributed by atoms with Crippen LogP contribution in [0.5, 0.6) is 0 Å². The van der Waals surface area contributed by atoms with Crippen molar-refractivity contribution in [3.8, 4) is 0 Å². The summed E-state index contributed by atoms with van der Waals surface area (Å²) in [6.45, 7) is 3.23. The van der Waals surface area contributed by atoms with Gasteiger partial charge in [-0.15, -0.1) is 11.3 Å². The summed E-state index contributed by atoms with van der Waals surface area (Å²) in [6, 6.07) is 0. The zero-order valence-electron chi connectivity index (χ0n) is 6.94. The molecule has 0 spiro atoms. The van der Waals surface area contributed by atoms with Crippen molar-refractivity contribution in [1.82, 2.24) is 4.98 Å². The molecular weight excluding hydrogens is 212 g/mol. The SMILES string of the molecule is Cc1nc(C)c(S(=O)(=O)N=C=O)s1. The molecule has 0 bridgehead atoms. The number of carbonyl (C=O) groups excluding carboxylic acids is 1. The minimum Gasteiger partial charge on any atom is -0.245 e. The lowest BCUT2D eigenvalue weighted by molar-refractivity contribution is 0.563. The third-order valence-electron chi connectivity index (χ3n) is 1.25. The van der Waals surface area contributed by atoms with E-state index >= 15 is 0 Å². The van der Waals surface area contributed by atoms with E-state index in [0.717, 1.165) is 17.4 Å². The molecule has 7 heteroatoms. The molecular formula is C6H6N2O3S2. The fourth-order valence-corrected chi connectivity index (χ4v) is 2.98. The van der Waals surface area contributed by atoms with E-state index in [-0.39, 0.29) is 4.21 Å². The van der Waals surface area contributed by atoms with E-state index in [2.05, 4.69) is 9.38 Å². The van der Waals surface area contributed by atoms with Crippen molar-refractivity contribution >= 4 is 27.4 Å². The minimum absolute atomic E-state index is 0.00773. The van der Waals surface area contributed by atoms with Crippen LogP contribution in [0.3, 0.4) is 0 Å². The van der Waals surface area contributed by atoms with Crippen LogP contribution >= 0.6 is 11.3 Å². The summed E-state index contributed by atoms with van der Waals surface area (Å²) in [7, 11) is -3.86. The molecule has 0 aromatic carbocycles. The van der Waals surface area contributed by atoms with Crippen molar-refractivity contribution < 1.29 is 13.2 Å². The minimum atomic E-state index is -3.86. The Bertz CT molecular complexity index is 468. The summed E-state index contributed by atoms with van der Waals surface area (Å²) in [5.41, 5.74) is 0.363. The van der Waals surface area contributed by atoms with Crippen molar-refractivity contribution in [1.29, 1.82) is 0 Å². The van der Waals surface area contributed by atoms with Crippen LogP contribution in [0.25, 0.3) is 0 Å². The molecule has 70 valence electrons. The Balaban J connectivity index is 3.38. The molecule has 1 heterocycles. The van der Waals surface area contributed by atoms with Gasteiger partial charge in [-0.3, -0.25) is 0 Å². The number of hydrogen-bond acceptors (Lipinski definition) is 5. The lowest BCUT2D eigenvalue weighted by Gasteiger charge is -1.89. The molecule has 1 aromatic heterocycles. The van der Waals surface area contributed by atoms with Gasteiger partial charge in [-0.2, -0.15) is 8.42 Å². The number of aromatic nitrogens is 1. The number of isocyanates is 1. The van der Waals surface area contributed by atoms with E-state index in [1.165, 1.54) is 0 Å². The molecule has 0 saturated carbocycles. The highest BCUT2D eigenvalue weighted by atomic mass is 32.2. The monoisotopic (exact) mass is 218 g/mol. The van der Waals surface area contributed by atoms with Gasteiger partial charge in [0.1, 0.15) is 0 Å². The number of thiazole rings is 1. The lowest BCUT2D eigenvalue weighted by atomic mass is 10.6. The molecule has 0 N–H and O–H groups in total. The first-order valence-electron chi connectivity index (χ1n) is 3.25. The summed E-state index contributed by atoms with van der Waals surface area (Å²) < 4.78 is 25.2. The predicted octanol–water partition coefficient (Wildman–Crippen LogP) is 0.784. The van der Waals surface area contributed by atoms with E-state index in [4.69, 9.17) is 0 Å². The number of hydrogen-bond donors (Lipinski definition) is 0. The number of nitrogens with zero attached hydrogens (tertiary/aromatic N) is 2. The zero-order valence-corrected chi connectivity index (χ0v) is 8.57. The number of aryl methyl sites for hydroxylation is 2. The second-order valence-corrected chi connectivity index (χ2v) is 5.27. The van der Waals surface area contributed by atoms with Gasteiger partial charge in [-0.1, -0.05) is 4.40 Å². The Hall–Kier alpha value is -1.04. The van der Waals surface area contributed by atoms with Gasteiger partial charge in [0, 0.05) is 0 Å². The van der Waals surface area contributed by atoms with E-state index in [0.29, 0.717) is 10.7 Å². The first-order chi connectivity index (χ1) is 5.97. The Morgan fingerprint density at radius 1 is 1.46 bits per heavy atom. The Labute approximate surface area is 79.2 Å². The van der Waals surface area contributed by atoms with Crippen LogP contribution in [0.1, 0.15) is 10.7 Å². The summed E-state index contributed by atoms with van der Waals surface area (Å²) in [6.07, 6.45) is 1.01. The van der Waals surface area contributed by atoms with Crippen molar-refractivity contribution in [3.05, 3.63) is 10.7 Å². The Morgan fingerprint density at radius 2 is 2.08 bits per heavy atom. The second kappa shape index (κ2) is 3.37. The summed E-state index contributed by atoms with van der Waals surface area (Å²) >= 11 is 0.990. The van der Waals surface area contributed by atoms with Gasteiger partial charge < -0.3 is 0 Å². The highest BCUT2D eigenvalue weighted by molar-refractivity contribution is 7.92. The van der Waals surface area contributed by atoms with Crippen LogP contribution in [0.2, 0.25) is 0 Å². The summed E-state index contributed by atoms with van der Waals surface area (Å²) in [5, 5.41) is 0.622. The van der Waals surface area contributed by atoms with E-state index in [1.54, 1.807) is 13.8 Å². The van der Waals surface area contributed by atoms with Gasteiger partial charge in [0.15, 0.2) is 4.21 Å². The largest absolute Gasteiger partial charge is 0.304 e. The van der Waals surface area contributed by atoms with Crippen LogP contribution < -0.4 is 0 Å². The van der Waals surface area contributed by atoms with Gasteiger partial charge >= 0.3 is 10.0 Å². The van der Waals surface area contributed by atoms with E-state index in [9.17, 15) is 13.2 Å². The lowest BCUT2D eigenvalue weighted by Crippen LogP contribution is -1.95. The maximum absolute atomic E-state index is 11.2. The van der Waals surface area contributed by atoms with Gasteiger partial charge in [0.25, 0.3) is 6.08 Å². The van der Waals surface area contributed by atoms with Gasteiger partial charge in [-0.25, -0.2) is 9.78 Å². The van der Waals surface area contributed by atoms with Crippen LogP contribution in [0.4, 0.5) is 0 Å². The first kappa shape index (κ1) is 10.0. The van der Waals surface area contributed by atoms with Gasteiger partial charge in [0.2, 0.25) is 0 Å². The fourth-order valence-electron chi connectivity index (χ4n) is 0.842. The molecule has 0 aliphatic carbocycles. The van der Waals surface area contributed by atoms with E-state index in [1.807, 2.05) is 0 Å². The summed E-state index contributed by atoms with van der Waals surface area (Å²) in [5.74, 6) is 0. The smallest absolute Gasteiger partial charge is 0.245 e. The molecule has 5 nitrogen and oxygen atoms in total. The highest BCUT2D eigenvalue weighted by Crippen LogP contribution is 2.23. The number of sulfonamides is 1. The fraction of sp³-hybridized carbons (Fsp3) is 0.333. The van der Waals surface area contributed by atoms with Crippen molar-refractivity contribution in [2.75, 3.05) is 0 Å². The molecule has 13 heavy (non-hydrogen) atoms. The molecule has 1 rings (SSSR count). The number of rotatable bonds is 2. The third-order valence-corrected chi connectivity index (χ3v) is 4.08. The molecule has 0 saturated heterocycles. The third kappa shape index (κ3) is 2.00. The molecule has 0 fully saturated rings. The standard InChI is InChI=1S/C6H6N2O3S2/c1-4-6(12-5(2)8-4)13(10,11)7-3-9/h1-2H3. The van der Waals surface area contributed by atoms with Crippen LogP contribution in [-0.4, -0.2) is 19.5 Å². The van der Waals surface area contributed by atoms with Crippen LogP contribution in [0, 0.1) is 13.8 Å². The normalized spacial score (nSPS) is 10.9. The van der Waals surface area contributed by atoms with Gasteiger partial charge in [0.05, 0.1) is 10.7 Å². The Kier molecular flexibility index (Phi) is 2.60. The molecule has 0 radical (unpaired) electrons. The summed E-state index contributed by atoms with van der Waals surface area (Å²) in [4.78, 5) is 13.7. The van der Waals surface area contributed by atoms with Crippen molar-refractivity contribution in [3.63, 3.8) is 0 Å². The second-order valence-electron chi connectivity index (χ2n) is 2.26. The highest BCUT2D eigenvalue weighted by Gasteiger charge is 2.19. The zero-order chi connectivity index (χ0) is 10.1. The molecule has 0 unspecified atom stereocenters. The average molecular weight is 218 g/mol. The van der Waals surface area contributed by atoms with Crippen molar-refractivity contribution in [2.24, 2.45) is 4.40 Å². The van der Waals surface area contributed by atoms with Crippen LogP contribution in [0.15, 0.2) is 8.61 Å². The molecule has 0 atom stereocenters. The first-order valence-corrected chi connectivity index (χ1v) is 5.51. The van der Waals surface area contributed by atoms with Crippen LogP contribution in [-0.2, 0) is 14.8 Å². The quantitative estimate of drug-likeness (QED) is 0.543. The Morgan fingerprint density at radius 3 is 2.46 bits per heavy atom. The molecule has 1 aromatic rings. The van der Waals surface area contributed by atoms with Crippen molar-refractivity contribution in [2.45, 2.75) is 18.1 Å². The molecule has 0 aliphatic heterocycles. The predicted molar refractivity (Wildman–Crippen MR) is 46.9 cm³/mol. The van der Waals surface area contributed by atoms with Gasteiger partial charge in [-0.05, 0) is 13.8 Å². The topological polar surface area (TPSA) is 76.5 Å². The van der Waals surface area contributed by atoms with E-state index < -0.39 is 10.0 Å². The maximum atomic E-state index is 11.2. The molecule has 0 aliphatic rings.